The van der Waals surface area contributed by atoms with Gasteiger partial charge >= 0.3 is 0 Å². The minimum absolute atomic E-state index is 0.293. The van der Waals surface area contributed by atoms with Crippen molar-refractivity contribution in [2.24, 2.45) is 0 Å². The summed E-state index contributed by atoms with van der Waals surface area (Å²) >= 11 is 7.43. The fourth-order valence-corrected chi connectivity index (χ4v) is 5.18. The molecule has 0 atom stereocenters. The molecule has 5 rings (SSSR count). The van der Waals surface area contributed by atoms with E-state index in [1.807, 2.05) is 20.0 Å². The smallest absolute Gasteiger partial charge is 0.259 e. The molecule has 1 aliphatic heterocycles. The first-order chi connectivity index (χ1) is 17.4. The molecule has 0 aliphatic carbocycles. The first-order valence-corrected chi connectivity index (χ1v) is 12.7. The average molecular weight is 525 g/mol. The van der Waals surface area contributed by atoms with Gasteiger partial charge in [0.2, 0.25) is 0 Å². The molecular formula is C24H25ClN8O2S. The number of ether oxygens (including phenoxy) is 1. The van der Waals surface area contributed by atoms with Gasteiger partial charge in [0.1, 0.15) is 16.7 Å². The molecule has 2 N–H and O–H groups in total. The predicted molar refractivity (Wildman–Crippen MR) is 141 cm³/mol. The molecule has 1 fully saturated rings. The molecule has 0 spiro atoms. The number of aromatic nitrogens is 5. The maximum Gasteiger partial charge on any atom is 0.259 e. The molecule has 0 unspecified atom stereocenters. The van der Waals surface area contributed by atoms with Crippen molar-refractivity contribution >= 4 is 50.3 Å². The first-order valence-electron chi connectivity index (χ1n) is 11.5. The lowest BCUT2D eigenvalue weighted by Crippen LogP contribution is -2.41. The molecule has 1 saturated heterocycles. The number of fused-ring (bicyclic) bond motifs is 1. The molecule has 0 saturated carbocycles. The Hall–Kier alpha value is -3.41. The molecule has 1 aliphatic rings. The van der Waals surface area contributed by atoms with Crippen molar-refractivity contribution in [3.05, 3.63) is 47.1 Å². The van der Waals surface area contributed by atoms with Gasteiger partial charge in [-0.15, -0.1) is 0 Å². The van der Waals surface area contributed by atoms with E-state index in [0.29, 0.717) is 49.2 Å². The second kappa shape index (κ2) is 10.3. The van der Waals surface area contributed by atoms with Gasteiger partial charge in [-0.2, -0.15) is 4.98 Å². The van der Waals surface area contributed by atoms with Crippen LogP contribution in [0.1, 0.15) is 28.9 Å². The van der Waals surface area contributed by atoms with Crippen LogP contribution in [0.4, 0.5) is 10.9 Å². The Kier molecular flexibility index (Phi) is 6.95. The third kappa shape index (κ3) is 4.95. The summed E-state index contributed by atoms with van der Waals surface area (Å²) in [5.74, 6) is 0.963. The fourth-order valence-electron chi connectivity index (χ4n) is 4.23. The molecular weight excluding hydrogens is 500 g/mol. The molecule has 12 heteroatoms. The van der Waals surface area contributed by atoms with Gasteiger partial charge in [-0.05, 0) is 38.9 Å². The van der Waals surface area contributed by atoms with Crippen LogP contribution in [0.3, 0.4) is 0 Å². The largest absolute Gasteiger partial charge is 0.494 e. The van der Waals surface area contributed by atoms with E-state index in [2.05, 4.69) is 35.5 Å². The molecule has 0 radical (unpaired) electrons. The van der Waals surface area contributed by atoms with Gasteiger partial charge in [-0.3, -0.25) is 15.1 Å². The summed E-state index contributed by atoms with van der Waals surface area (Å²) in [4.78, 5) is 38.3. The van der Waals surface area contributed by atoms with E-state index in [1.54, 1.807) is 19.4 Å². The number of nitrogens with zero attached hydrogens (tertiary/aromatic N) is 6. The highest BCUT2D eigenvalue weighted by Crippen LogP contribution is 2.34. The van der Waals surface area contributed by atoms with Crippen LogP contribution in [0.5, 0.6) is 5.75 Å². The number of hydrogen-bond acceptors (Lipinski definition) is 10. The van der Waals surface area contributed by atoms with Gasteiger partial charge in [-0.1, -0.05) is 22.9 Å². The van der Waals surface area contributed by atoms with Crippen molar-refractivity contribution in [3.8, 4) is 16.9 Å². The molecule has 0 bridgehead atoms. The third-order valence-electron chi connectivity index (χ3n) is 6.19. The summed E-state index contributed by atoms with van der Waals surface area (Å²) in [6.07, 6.45) is 6.92. The number of anilines is 2. The van der Waals surface area contributed by atoms with Gasteiger partial charge in [0.25, 0.3) is 5.91 Å². The van der Waals surface area contributed by atoms with Crippen molar-refractivity contribution in [3.63, 3.8) is 0 Å². The average Bonchev–Trinajstić information content (AvgIpc) is 3.30. The zero-order valence-corrected chi connectivity index (χ0v) is 21.7. The third-order valence-corrected chi connectivity index (χ3v) is 7.25. The number of amides is 1. The van der Waals surface area contributed by atoms with E-state index in [9.17, 15) is 4.79 Å². The number of rotatable bonds is 6. The maximum absolute atomic E-state index is 13.3. The Labute approximate surface area is 217 Å². The number of halogens is 1. The van der Waals surface area contributed by atoms with E-state index < -0.39 is 0 Å². The van der Waals surface area contributed by atoms with Crippen molar-refractivity contribution in [1.29, 1.82) is 0 Å². The Morgan fingerprint density at radius 1 is 1.11 bits per heavy atom. The summed E-state index contributed by atoms with van der Waals surface area (Å²) < 4.78 is 5.45. The second-order valence-corrected chi connectivity index (χ2v) is 9.82. The van der Waals surface area contributed by atoms with Gasteiger partial charge in [0.15, 0.2) is 15.6 Å². The standard InChI is InChI=1S/C24H25ClN8O2S/c1-13-8-15(16-9-19(25)28-11-18(16)35-3)17(10-27-13)22(34)32-24-31-21-23(36-24)30-20(12-29-21)33-6-4-14(26-2)5-7-33/h8-12,14,26H,4-7H2,1-3H3,(H,29,31,32,34). The van der Waals surface area contributed by atoms with Crippen LogP contribution in [-0.2, 0) is 0 Å². The zero-order chi connectivity index (χ0) is 25.2. The topological polar surface area (TPSA) is 118 Å². The van der Waals surface area contributed by atoms with Crippen molar-refractivity contribution < 1.29 is 9.53 Å². The summed E-state index contributed by atoms with van der Waals surface area (Å²) in [6.45, 7) is 3.68. The van der Waals surface area contributed by atoms with Crippen LogP contribution in [-0.4, -0.2) is 64.1 Å². The molecule has 10 nitrogen and oxygen atoms in total. The number of hydrogen-bond donors (Lipinski definition) is 2. The molecule has 4 aromatic rings. The highest BCUT2D eigenvalue weighted by Gasteiger charge is 2.22. The van der Waals surface area contributed by atoms with Crippen LogP contribution in [0.25, 0.3) is 21.6 Å². The van der Waals surface area contributed by atoms with Crippen molar-refractivity contribution in [1.82, 2.24) is 30.2 Å². The summed E-state index contributed by atoms with van der Waals surface area (Å²) in [6, 6.07) is 4.01. The minimum Gasteiger partial charge on any atom is -0.494 e. The fraction of sp³-hybridized carbons (Fsp3) is 0.333. The highest BCUT2D eigenvalue weighted by molar-refractivity contribution is 7.21. The molecule has 1 amide bonds. The molecule has 0 aromatic carbocycles. The number of pyridine rings is 2. The summed E-state index contributed by atoms with van der Waals surface area (Å²) in [5, 5.41) is 6.92. The van der Waals surface area contributed by atoms with E-state index in [-0.39, 0.29) is 5.91 Å². The Bertz CT molecular complexity index is 1420. The molecule has 186 valence electrons. The van der Waals surface area contributed by atoms with Crippen molar-refractivity contribution in [2.45, 2.75) is 25.8 Å². The number of aryl methyl sites for hydroxylation is 1. The lowest BCUT2D eigenvalue weighted by atomic mass is 10.0. The van der Waals surface area contributed by atoms with Crippen molar-refractivity contribution in [2.75, 3.05) is 37.5 Å². The Morgan fingerprint density at radius 2 is 1.92 bits per heavy atom. The van der Waals surface area contributed by atoms with E-state index in [4.69, 9.17) is 21.3 Å². The SMILES string of the molecule is CNC1CCN(c2cnc3nc(NC(=O)c4cnc(C)cc4-c4cc(Cl)ncc4OC)sc3n2)CC1. The van der Waals surface area contributed by atoms with E-state index >= 15 is 0 Å². The molecule has 4 aromatic heterocycles. The minimum atomic E-state index is -0.360. The van der Waals surface area contributed by atoms with Gasteiger partial charge in [0.05, 0.1) is 25.1 Å². The number of thiazole rings is 1. The first kappa shape index (κ1) is 24.3. The number of methoxy groups -OCH3 is 1. The number of carbonyl (C=O) groups excluding carboxylic acids is 1. The lowest BCUT2D eigenvalue weighted by Gasteiger charge is -2.32. The van der Waals surface area contributed by atoms with Gasteiger partial charge in [-0.25, -0.2) is 15.0 Å². The molecule has 5 heterocycles. The quantitative estimate of drug-likeness (QED) is 0.361. The Morgan fingerprint density at radius 3 is 2.67 bits per heavy atom. The van der Waals surface area contributed by atoms with Gasteiger partial charge in [0, 0.05) is 42.1 Å². The van der Waals surface area contributed by atoms with Crippen LogP contribution in [0.2, 0.25) is 5.15 Å². The van der Waals surface area contributed by atoms with E-state index in [1.165, 1.54) is 23.7 Å². The second-order valence-electron chi connectivity index (χ2n) is 8.46. The lowest BCUT2D eigenvalue weighted by molar-refractivity contribution is 0.102. The summed E-state index contributed by atoms with van der Waals surface area (Å²) in [7, 11) is 3.54. The van der Waals surface area contributed by atoms with Crippen LogP contribution < -0.4 is 20.3 Å². The zero-order valence-electron chi connectivity index (χ0n) is 20.1. The van der Waals surface area contributed by atoms with Crippen LogP contribution >= 0.6 is 22.9 Å². The summed E-state index contributed by atoms with van der Waals surface area (Å²) in [5.41, 5.74) is 2.87. The number of nitrogens with one attached hydrogen (secondary N) is 2. The number of carbonyl (C=O) groups is 1. The van der Waals surface area contributed by atoms with Crippen LogP contribution in [0.15, 0.2) is 30.7 Å². The van der Waals surface area contributed by atoms with E-state index in [0.717, 1.165) is 37.4 Å². The highest BCUT2D eigenvalue weighted by atomic mass is 35.5. The molecule has 36 heavy (non-hydrogen) atoms. The van der Waals surface area contributed by atoms with Crippen LogP contribution in [0, 0.1) is 6.92 Å². The van der Waals surface area contributed by atoms with Gasteiger partial charge < -0.3 is 15.0 Å². The monoisotopic (exact) mass is 524 g/mol. The normalized spacial score (nSPS) is 14.3. The maximum atomic E-state index is 13.3. The number of piperidine rings is 1. The Balaban J connectivity index is 1.41. The predicted octanol–water partition coefficient (Wildman–Crippen LogP) is 3.95.